The highest BCUT2D eigenvalue weighted by Crippen LogP contribution is 2.18. The van der Waals surface area contributed by atoms with Crippen molar-refractivity contribution < 1.29 is 9.90 Å². The molecule has 0 aliphatic carbocycles. The molecule has 14 heavy (non-hydrogen) atoms. The molecule has 1 saturated heterocycles. The molecule has 1 rings (SSSR count). The van der Waals surface area contributed by atoms with Crippen LogP contribution in [-0.4, -0.2) is 24.2 Å². The number of hydrogen-bond acceptors (Lipinski definition) is 2. The number of hydrogen-bond donors (Lipinski definition) is 2. The predicted octanol–water partition coefficient (Wildman–Crippen LogP) is 1.46. The Kier molecular flexibility index (Phi) is 5.60. The van der Waals surface area contributed by atoms with Crippen LogP contribution in [0, 0.1) is 5.92 Å². The van der Waals surface area contributed by atoms with Crippen LogP contribution >= 0.6 is 0 Å². The first-order chi connectivity index (χ1) is 6.84. The van der Waals surface area contributed by atoms with Gasteiger partial charge in [-0.1, -0.05) is 19.3 Å². The monoisotopic (exact) mass is 199 g/mol. The Morgan fingerprint density at radius 1 is 1.29 bits per heavy atom. The first-order valence-corrected chi connectivity index (χ1v) is 5.73. The maximum Gasteiger partial charge on any atom is 0.223 e. The quantitative estimate of drug-likeness (QED) is 0.636. The van der Waals surface area contributed by atoms with Gasteiger partial charge in [-0.15, -0.1) is 0 Å². The fraction of sp³-hybridized carbons (Fsp3) is 0.909. The minimum Gasteiger partial charge on any atom is -0.396 e. The normalized spacial score (nSPS) is 22.1. The van der Waals surface area contributed by atoms with Crippen molar-refractivity contribution in [3.63, 3.8) is 0 Å². The van der Waals surface area contributed by atoms with Crippen molar-refractivity contribution in [2.45, 2.75) is 44.9 Å². The second-order valence-corrected chi connectivity index (χ2v) is 4.06. The van der Waals surface area contributed by atoms with Gasteiger partial charge in [0, 0.05) is 19.1 Å². The van der Waals surface area contributed by atoms with Crippen molar-refractivity contribution in [2.24, 2.45) is 5.92 Å². The molecule has 0 spiro atoms. The lowest BCUT2D eigenvalue weighted by molar-refractivity contribution is -0.126. The second-order valence-electron chi connectivity index (χ2n) is 4.06. The van der Waals surface area contributed by atoms with Crippen molar-refractivity contribution >= 4 is 5.91 Å². The van der Waals surface area contributed by atoms with Crippen LogP contribution in [0.15, 0.2) is 0 Å². The van der Waals surface area contributed by atoms with Crippen molar-refractivity contribution in [1.82, 2.24) is 5.32 Å². The van der Waals surface area contributed by atoms with Gasteiger partial charge in [-0.3, -0.25) is 4.79 Å². The van der Waals surface area contributed by atoms with E-state index in [1.54, 1.807) is 0 Å². The topological polar surface area (TPSA) is 49.3 Å². The van der Waals surface area contributed by atoms with Crippen molar-refractivity contribution in [2.75, 3.05) is 13.2 Å². The highest BCUT2D eigenvalue weighted by atomic mass is 16.2. The summed E-state index contributed by atoms with van der Waals surface area (Å²) in [5.41, 5.74) is 0. The highest BCUT2D eigenvalue weighted by molar-refractivity contribution is 5.79. The molecule has 0 aromatic heterocycles. The van der Waals surface area contributed by atoms with Gasteiger partial charge in [0.15, 0.2) is 0 Å². The number of unbranched alkanes of at least 4 members (excludes halogenated alkanes) is 3. The fourth-order valence-electron chi connectivity index (χ4n) is 1.97. The molecule has 0 bridgehead atoms. The third-order valence-corrected chi connectivity index (χ3v) is 2.86. The smallest absolute Gasteiger partial charge is 0.223 e. The molecular formula is C11H21NO2. The molecule has 3 nitrogen and oxygen atoms in total. The molecule has 1 unspecified atom stereocenters. The van der Waals surface area contributed by atoms with Crippen LogP contribution in [0.4, 0.5) is 0 Å². The maximum atomic E-state index is 11.4. The van der Waals surface area contributed by atoms with E-state index in [1.807, 2.05) is 0 Å². The summed E-state index contributed by atoms with van der Waals surface area (Å²) in [6, 6.07) is 0. The average molecular weight is 199 g/mol. The number of carbonyl (C=O) groups excluding carboxylic acids is 1. The predicted molar refractivity (Wildman–Crippen MR) is 55.9 cm³/mol. The summed E-state index contributed by atoms with van der Waals surface area (Å²) in [7, 11) is 0. The van der Waals surface area contributed by atoms with E-state index >= 15 is 0 Å². The third kappa shape index (κ3) is 4.09. The molecule has 3 heteroatoms. The van der Waals surface area contributed by atoms with Gasteiger partial charge in [0.25, 0.3) is 0 Å². The van der Waals surface area contributed by atoms with Gasteiger partial charge in [-0.05, 0) is 25.7 Å². The summed E-state index contributed by atoms with van der Waals surface area (Å²) in [6.07, 6.45) is 7.47. The van der Waals surface area contributed by atoms with Gasteiger partial charge in [-0.25, -0.2) is 0 Å². The highest BCUT2D eigenvalue weighted by Gasteiger charge is 2.20. The number of carbonyl (C=O) groups is 1. The largest absolute Gasteiger partial charge is 0.396 e. The molecule has 1 aliphatic heterocycles. The van der Waals surface area contributed by atoms with Crippen molar-refractivity contribution in [1.29, 1.82) is 0 Å². The van der Waals surface area contributed by atoms with E-state index in [0.717, 1.165) is 51.5 Å². The molecule has 0 aromatic carbocycles. The Morgan fingerprint density at radius 3 is 2.79 bits per heavy atom. The summed E-state index contributed by atoms with van der Waals surface area (Å²) >= 11 is 0. The van der Waals surface area contributed by atoms with Gasteiger partial charge in [0.1, 0.15) is 0 Å². The van der Waals surface area contributed by atoms with Crippen LogP contribution in [-0.2, 0) is 4.79 Å². The molecule has 1 fully saturated rings. The minimum atomic E-state index is 0.249. The Hall–Kier alpha value is -0.570. The van der Waals surface area contributed by atoms with E-state index in [4.69, 9.17) is 5.11 Å². The number of piperidine rings is 1. The number of amides is 1. The molecule has 1 amide bonds. The number of rotatable bonds is 6. The molecule has 0 aromatic rings. The van der Waals surface area contributed by atoms with Gasteiger partial charge in [-0.2, -0.15) is 0 Å². The summed E-state index contributed by atoms with van der Waals surface area (Å²) in [5.74, 6) is 0.510. The van der Waals surface area contributed by atoms with Crippen molar-refractivity contribution in [3.05, 3.63) is 0 Å². The van der Waals surface area contributed by atoms with Gasteiger partial charge >= 0.3 is 0 Å². The lowest BCUT2D eigenvalue weighted by Gasteiger charge is -2.21. The first kappa shape index (κ1) is 11.5. The zero-order valence-corrected chi connectivity index (χ0v) is 8.80. The molecular weight excluding hydrogens is 178 g/mol. The molecule has 1 atom stereocenters. The number of aliphatic hydroxyl groups excluding tert-OH is 1. The lowest BCUT2D eigenvalue weighted by Crippen LogP contribution is -2.36. The first-order valence-electron chi connectivity index (χ1n) is 5.73. The summed E-state index contributed by atoms with van der Waals surface area (Å²) in [5, 5.41) is 11.5. The molecule has 0 saturated carbocycles. The molecule has 82 valence electrons. The van der Waals surface area contributed by atoms with E-state index in [1.165, 1.54) is 0 Å². The fourth-order valence-corrected chi connectivity index (χ4v) is 1.97. The lowest BCUT2D eigenvalue weighted by atomic mass is 9.92. The summed E-state index contributed by atoms with van der Waals surface area (Å²) in [4.78, 5) is 11.4. The van der Waals surface area contributed by atoms with E-state index in [0.29, 0.717) is 6.61 Å². The molecule has 1 heterocycles. The zero-order chi connectivity index (χ0) is 10.2. The number of nitrogens with one attached hydrogen (secondary N) is 1. The standard InChI is InChI=1S/C11H21NO2/c13-9-4-2-1-3-6-10-7-5-8-12-11(10)14/h10,13H,1-9H2,(H,12,14). The van der Waals surface area contributed by atoms with E-state index in [2.05, 4.69) is 5.32 Å². The van der Waals surface area contributed by atoms with Crippen LogP contribution in [0.25, 0.3) is 0 Å². The molecule has 2 N–H and O–H groups in total. The van der Waals surface area contributed by atoms with E-state index < -0.39 is 0 Å². The van der Waals surface area contributed by atoms with Crippen LogP contribution in [0.1, 0.15) is 44.9 Å². The summed E-state index contributed by atoms with van der Waals surface area (Å²) < 4.78 is 0. The zero-order valence-electron chi connectivity index (χ0n) is 8.80. The van der Waals surface area contributed by atoms with Crippen LogP contribution in [0.5, 0.6) is 0 Å². The van der Waals surface area contributed by atoms with Crippen LogP contribution in [0.3, 0.4) is 0 Å². The Labute approximate surface area is 85.9 Å². The van der Waals surface area contributed by atoms with Crippen LogP contribution in [0.2, 0.25) is 0 Å². The van der Waals surface area contributed by atoms with E-state index in [-0.39, 0.29) is 11.8 Å². The van der Waals surface area contributed by atoms with Crippen LogP contribution < -0.4 is 5.32 Å². The van der Waals surface area contributed by atoms with E-state index in [9.17, 15) is 4.79 Å². The average Bonchev–Trinajstić information content (AvgIpc) is 2.20. The number of aliphatic hydroxyl groups is 1. The second kappa shape index (κ2) is 6.82. The Bertz CT molecular complexity index is 171. The SMILES string of the molecule is O=C1NCCCC1CCCCCCO. The van der Waals surface area contributed by atoms with Gasteiger partial charge < -0.3 is 10.4 Å². The molecule has 0 radical (unpaired) electrons. The van der Waals surface area contributed by atoms with Gasteiger partial charge in [0.05, 0.1) is 0 Å². The summed E-state index contributed by atoms with van der Waals surface area (Å²) in [6.45, 7) is 1.16. The van der Waals surface area contributed by atoms with Crippen molar-refractivity contribution in [3.8, 4) is 0 Å². The minimum absolute atomic E-state index is 0.249. The third-order valence-electron chi connectivity index (χ3n) is 2.86. The van der Waals surface area contributed by atoms with Gasteiger partial charge in [0.2, 0.25) is 5.91 Å². The Balaban J connectivity index is 2.02. The maximum absolute atomic E-state index is 11.4. The molecule has 1 aliphatic rings. The Morgan fingerprint density at radius 2 is 2.07 bits per heavy atom.